The maximum absolute atomic E-state index is 4.69. The van der Waals surface area contributed by atoms with Gasteiger partial charge >= 0.3 is 0 Å². The van der Waals surface area contributed by atoms with E-state index >= 15 is 0 Å². The molecule has 2 aromatic heterocycles. The molecule has 0 unspecified atom stereocenters. The van der Waals surface area contributed by atoms with E-state index in [-0.39, 0.29) is 0 Å². The molecule has 1 aromatic carbocycles. The first-order valence-electron chi connectivity index (χ1n) is 8.86. The number of benzene rings is 1. The van der Waals surface area contributed by atoms with Crippen molar-refractivity contribution >= 4 is 11.9 Å². The molecule has 0 aliphatic carbocycles. The molecule has 0 amide bonds. The van der Waals surface area contributed by atoms with Crippen LogP contribution in [0.25, 0.3) is 6.08 Å². The normalized spacial score (nSPS) is 14.5. The number of hydrogen-bond acceptors (Lipinski definition) is 5. The summed E-state index contributed by atoms with van der Waals surface area (Å²) in [6, 6.07) is 12.6. The minimum Gasteiger partial charge on any atom is -0.363 e. The third-order valence-corrected chi connectivity index (χ3v) is 4.41. The molecule has 6 nitrogen and oxygen atoms in total. The Kier molecular flexibility index (Phi) is 5.02. The molecule has 132 valence electrons. The number of rotatable bonds is 6. The van der Waals surface area contributed by atoms with Crippen molar-refractivity contribution in [1.29, 1.82) is 0 Å². The molecule has 0 atom stereocenters. The quantitative estimate of drug-likeness (QED) is 0.744. The van der Waals surface area contributed by atoms with Crippen LogP contribution in [0.15, 0.2) is 61.1 Å². The first-order chi connectivity index (χ1) is 12.9. The third kappa shape index (κ3) is 4.15. The molecule has 4 rings (SSSR count). The average Bonchev–Trinajstić information content (AvgIpc) is 3.10. The van der Waals surface area contributed by atoms with E-state index in [2.05, 4.69) is 72.4 Å². The van der Waals surface area contributed by atoms with Crippen LogP contribution in [0.5, 0.6) is 0 Å². The fourth-order valence-electron chi connectivity index (χ4n) is 3.10. The number of fused-ring (bicyclic) bond motifs is 1. The third-order valence-electron chi connectivity index (χ3n) is 4.41. The second kappa shape index (κ2) is 7.93. The zero-order valence-corrected chi connectivity index (χ0v) is 14.6. The largest absolute Gasteiger partial charge is 0.363 e. The van der Waals surface area contributed by atoms with Gasteiger partial charge in [-0.1, -0.05) is 42.5 Å². The summed E-state index contributed by atoms with van der Waals surface area (Å²) in [7, 11) is 0. The Morgan fingerprint density at radius 1 is 1.12 bits per heavy atom. The summed E-state index contributed by atoms with van der Waals surface area (Å²) in [6.45, 7) is 4.49. The summed E-state index contributed by atoms with van der Waals surface area (Å²) in [5.41, 5.74) is 3.54. The first-order valence-corrected chi connectivity index (χ1v) is 8.86. The fourth-order valence-corrected chi connectivity index (χ4v) is 3.10. The van der Waals surface area contributed by atoms with Crippen molar-refractivity contribution in [3.8, 4) is 0 Å². The smallest absolute Gasteiger partial charge is 0.144 e. The van der Waals surface area contributed by atoms with E-state index < -0.39 is 0 Å². The van der Waals surface area contributed by atoms with Gasteiger partial charge in [-0.25, -0.2) is 4.98 Å². The molecule has 3 aromatic rings. The first kappa shape index (κ1) is 16.5. The van der Waals surface area contributed by atoms with Gasteiger partial charge in [-0.3, -0.25) is 14.6 Å². The lowest BCUT2D eigenvalue weighted by Gasteiger charge is -2.26. The van der Waals surface area contributed by atoms with Gasteiger partial charge in [-0.05, 0) is 11.6 Å². The van der Waals surface area contributed by atoms with Crippen molar-refractivity contribution in [2.24, 2.45) is 0 Å². The molecule has 6 heteroatoms. The molecule has 0 radical (unpaired) electrons. The minimum atomic E-state index is 0.659. The molecule has 26 heavy (non-hydrogen) atoms. The Bertz CT molecular complexity index is 857. The molecule has 0 spiro atoms. The molecule has 0 bridgehead atoms. The van der Waals surface area contributed by atoms with Crippen LogP contribution in [0.3, 0.4) is 0 Å². The number of anilines is 1. The summed E-state index contributed by atoms with van der Waals surface area (Å²) in [6.07, 6.45) is 9.49. The van der Waals surface area contributed by atoms with Gasteiger partial charge in [-0.15, -0.1) is 0 Å². The van der Waals surface area contributed by atoms with E-state index in [0.29, 0.717) is 6.54 Å². The van der Waals surface area contributed by atoms with Gasteiger partial charge in [0.25, 0.3) is 0 Å². The van der Waals surface area contributed by atoms with E-state index in [1.54, 1.807) is 18.6 Å². The van der Waals surface area contributed by atoms with E-state index in [4.69, 9.17) is 0 Å². The Morgan fingerprint density at radius 2 is 2.04 bits per heavy atom. The molecule has 0 saturated carbocycles. The van der Waals surface area contributed by atoms with E-state index in [0.717, 1.165) is 37.7 Å². The highest BCUT2D eigenvalue weighted by molar-refractivity contribution is 5.48. The van der Waals surface area contributed by atoms with Crippen LogP contribution in [-0.2, 0) is 19.6 Å². The van der Waals surface area contributed by atoms with Crippen LogP contribution in [0.2, 0.25) is 0 Å². The maximum Gasteiger partial charge on any atom is 0.144 e. The fraction of sp³-hybridized carbons (Fsp3) is 0.250. The van der Waals surface area contributed by atoms with E-state index in [9.17, 15) is 0 Å². The Morgan fingerprint density at radius 3 is 2.88 bits per heavy atom. The summed E-state index contributed by atoms with van der Waals surface area (Å²) in [4.78, 5) is 10.7. The molecule has 1 aliphatic rings. The van der Waals surface area contributed by atoms with Gasteiger partial charge in [0.15, 0.2) is 0 Å². The van der Waals surface area contributed by atoms with Crippen LogP contribution >= 0.6 is 0 Å². The van der Waals surface area contributed by atoms with Crippen molar-refractivity contribution in [2.45, 2.75) is 19.6 Å². The number of aromatic nitrogens is 4. The molecule has 1 aliphatic heterocycles. The van der Waals surface area contributed by atoms with Crippen molar-refractivity contribution in [2.75, 3.05) is 18.4 Å². The monoisotopic (exact) mass is 346 g/mol. The molecular weight excluding hydrogens is 324 g/mol. The Balaban J connectivity index is 1.32. The van der Waals surface area contributed by atoms with Gasteiger partial charge in [0, 0.05) is 32.0 Å². The predicted octanol–water partition coefficient (Wildman–Crippen LogP) is 2.81. The average molecular weight is 346 g/mol. The molecule has 0 saturated heterocycles. The highest BCUT2D eigenvalue weighted by atomic mass is 15.3. The molecular formula is C20H22N6. The van der Waals surface area contributed by atoms with Gasteiger partial charge in [0.1, 0.15) is 5.82 Å². The second-order valence-corrected chi connectivity index (χ2v) is 6.34. The number of nitrogens with one attached hydrogen (secondary N) is 1. The molecule has 0 fully saturated rings. The zero-order chi connectivity index (χ0) is 17.6. The summed E-state index contributed by atoms with van der Waals surface area (Å²) < 4.78 is 2.12. The SMILES string of the molecule is C(=C\c1ccccc1)/CN1CCn2nc(CNc3cnccn3)cc2C1. The highest BCUT2D eigenvalue weighted by Gasteiger charge is 2.17. The minimum absolute atomic E-state index is 0.659. The van der Waals surface area contributed by atoms with Gasteiger partial charge < -0.3 is 5.32 Å². The second-order valence-electron chi connectivity index (χ2n) is 6.34. The topological polar surface area (TPSA) is 58.9 Å². The number of hydrogen-bond donors (Lipinski definition) is 1. The van der Waals surface area contributed by atoms with Crippen molar-refractivity contribution in [3.63, 3.8) is 0 Å². The standard InChI is InChI=1S/C20H22N6/c1-2-5-17(6-3-1)7-4-10-25-11-12-26-19(16-25)13-18(24-26)14-23-20-15-21-8-9-22-20/h1-9,13,15H,10-12,14,16H2,(H,22,23)/b7-4+. The Hall–Kier alpha value is -2.99. The van der Waals surface area contributed by atoms with Crippen molar-refractivity contribution in [3.05, 3.63) is 78.0 Å². The summed E-state index contributed by atoms with van der Waals surface area (Å²) in [5, 5.41) is 7.95. The van der Waals surface area contributed by atoms with Gasteiger partial charge in [-0.2, -0.15) is 5.10 Å². The zero-order valence-electron chi connectivity index (χ0n) is 14.6. The predicted molar refractivity (Wildman–Crippen MR) is 102 cm³/mol. The van der Waals surface area contributed by atoms with Crippen LogP contribution in [-0.4, -0.2) is 37.7 Å². The molecule has 3 heterocycles. The lowest BCUT2D eigenvalue weighted by atomic mass is 10.2. The van der Waals surface area contributed by atoms with Crippen LogP contribution in [0.1, 0.15) is 17.0 Å². The van der Waals surface area contributed by atoms with Gasteiger partial charge in [0.2, 0.25) is 0 Å². The number of nitrogens with zero attached hydrogens (tertiary/aromatic N) is 5. The Labute approximate surface area is 153 Å². The molecule has 1 N–H and O–H groups in total. The van der Waals surface area contributed by atoms with Gasteiger partial charge in [0.05, 0.1) is 30.7 Å². The van der Waals surface area contributed by atoms with Crippen LogP contribution in [0.4, 0.5) is 5.82 Å². The maximum atomic E-state index is 4.69. The lowest BCUT2D eigenvalue weighted by Crippen LogP contribution is -2.33. The van der Waals surface area contributed by atoms with E-state index in [1.165, 1.54) is 11.3 Å². The van der Waals surface area contributed by atoms with Crippen molar-refractivity contribution in [1.82, 2.24) is 24.6 Å². The van der Waals surface area contributed by atoms with Crippen LogP contribution < -0.4 is 5.32 Å². The summed E-state index contributed by atoms with van der Waals surface area (Å²) in [5.74, 6) is 0.770. The van der Waals surface area contributed by atoms with E-state index in [1.807, 2.05) is 6.07 Å². The van der Waals surface area contributed by atoms with Crippen LogP contribution in [0, 0.1) is 0 Å². The summed E-state index contributed by atoms with van der Waals surface area (Å²) >= 11 is 0. The lowest BCUT2D eigenvalue weighted by molar-refractivity contribution is 0.235. The van der Waals surface area contributed by atoms with Crippen molar-refractivity contribution < 1.29 is 0 Å². The highest BCUT2D eigenvalue weighted by Crippen LogP contribution is 2.15.